The van der Waals surface area contributed by atoms with Crippen LogP contribution < -0.4 is 0 Å². The Labute approximate surface area is 313 Å². The highest BCUT2D eigenvalue weighted by Crippen LogP contribution is 2.43. The second-order valence-corrected chi connectivity index (χ2v) is 15.8. The van der Waals surface area contributed by atoms with Crippen LogP contribution in [0.2, 0.25) is 0 Å². The van der Waals surface area contributed by atoms with Crippen LogP contribution in [-0.4, -0.2) is 66.3 Å². The second-order valence-electron chi connectivity index (χ2n) is 14.4. The Bertz CT molecular complexity index is 810. The summed E-state index contributed by atoms with van der Waals surface area (Å²) in [7, 11) is -4.50. The molecule has 10 heteroatoms. The molecule has 0 spiro atoms. The maximum absolute atomic E-state index is 12.5. The van der Waals surface area contributed by atoms with Gasteiger partial charge in [0, 0.05) is 13.0 Å². The topological polar surface area (TPSA) is 132 Å². The Morgan fingerprint density at radius 2 is 1.00 bits per heavy atom. The maximum Gasteiger partial charge on any atom is 0.472 e. The number of hydrogen-bond donors (Lipinski definition) is 3. The second kappa shape index (κ2) is 38.9. The number of carbonyl (C=O) groups excluding carboxylic acids is 1. The van der Waals surface area contributed by atoms with Gasteiger partial charge in [0.15, 0.2) is 0 Å². The number of phosphoric acid groups is 1. The van der Waals surface area contributed by atoms with Crippen molar-refractivity contribution in [3.8, 4) is 0 Å². The minimum absolute atomic E-state index is 0.0531. The lowest BCUT2D eigenvalue weighted by atomic mass is 10.1. The van der Waals surface area contributed by atoms with Gasteiger partial charge >= 0.3 is 13.8 Å². The number of esters is 1. The van der Waals surface area contributed by atoms with E-state index in [1.807, 2.05) is 0 Å². The Kier molecular flexibility index (Phi) is 38.3. The molecule has 0 fully saturated rings. The summed E-state index contributed by atoms with van der Waals surface area (Å²) in [6, 6.07) is 0. The predicted molar refractivity (Wildman–Crippen MR) is 210 cm³/mol. The number of phosphoric ester groups is 1. The average Bonchev–Trinajstić information content (AvgIpc) is 3.12. The predicted octanol–water partition coefficient (Wildman–Crippen LogP) is 11.3. The summed E-state index contributed by atoms with van der Waals surface area (Å²) in [5.74, 6) is -0.385. The van der Waals surface area contributed by atoms with Gasteiger partial charge in [-0.25, -0.2) is 4.57 Å². The molecule has 304 valence electrons. The highest BCUT2D eigenvalue weighted by Gasteiger charge is 2.26. The molecule has 0 aromatic carbocycles. The Hall–Kier alpha value is -0.800. The third-order valence-corrected chi connectivity index (χ3v) is 10.2. The summed E-state index contributed by atoms with van der Waals surface area (Å²) in [6.07, 6.45) is 37.6. The third-order valence-electron chi connectivity index (χ3n) is 9.20. The van der Waals surface area contributed by atoms with E-state index >= 15 is 0 Å². The van der Waals surface area contributed by atoms with Crippen molar-refractivity contribution in [3.63, 3.8) is 0 Å². The number of rotatable bonds is 41. The van der Waals surface area contributed by atoms with Crippen molar-refractivity contribution in [2.75, 3.05) is 33.0 Å². The first-order valence-corrected chi connectivity index (χ1v) is 22.7. The molecular formula is C41H81O9P. The van der Waals surface area contributed by atoms with Crippen LogP contribution >= 0.6 is 7.82 Å². The molecule has 0 aliphatic heterocycles. The number of aliphatic hydroxyl groups excluding tert-OH is 2. The minimum Gasteiger partial charge on any atom is -0.457 e. The van der Waals surface area contributed by atoms with Gasteiger partial charge in [-0.15, -0.1) is 0 Å². The summed E-state index contributed by atoms with van der Waals surface area (Å²) < 4.78 is 33.2. The van der Waals surface area contributed by atoms with Crippen molar-refractivity contribution in [3.05, 3.63) is 12.2 Å². The zero-order valence-corrected chi connectivity index (χ0v) is 34.0. The Morgan fingerprint density at radius 3 is 1.47 bits per heavy atom. The highest BCUT2D eigenvalue weighted by molar-refractivity contribution is 7.47. The van der Waals surface area contributed by atoms with Crippen LogP contribution in [0.5, 0.6) is 0 Å². The number of ether oxygens (including phenoxy) is 2. The fourth-order valence-corrected chi connectivity index (χ4v) is 6.73. The summed E-state index contributed by atoms with van der Waals surface area (Å²) in [6.45, 7) is 3.50. The molecule has 0 radical (unpaired) electrons. The molecular weight excluding hydrogens is 667 g/mol. The van der Waals surface area contributed by atoms with Crippen molar-refractivity contribution in [1.82, 2.24) is 0 Å². The van der Waals surface area contributed by atoms with E-state index in [9.17, 15) is 19.4 Å². The van der Waals surface area contributed by atoms with E-state index in [4.69, 9.17) is 23.6 Å². The van der Waals surface area contributed by atoms with E-state index in [-0.39, 0.29) is 25.6 Å². The number of allylic oxidation sites excluding steroid dienone is 2. The molecule has 0 bridgehead atoms. The lowest BCUT2D eigenvalue weighted by molar-refractivity contribution is -0.154. The van der Waals surface area contributed by atoms with Crippen molar-refractivity contribution in [1.29, 1.82) is 0 Å². The van der Waals surface area contributed by atoms with E-state index in [0.717, 1.165) is 38.5 Å². The van der Waals surface area contributed by atoms with Gasteiger partial charge in [-0.2, -0.15) is 0 Å². The van der Waals surface area contributed by atoms with E-state index in [0.29, 0.717) is 6.61 Å². The molecule has 0 heterocycles. The van der Waals surface area contributed by atoms with Gasteiger partial charge in [-0.3, -0.25) is 13.8 Å². The summed E-state index contributed by atoms with van der Waals surface area (Å²) in [5, 5.41) is 18.3. The van der Waals surface area contributed by atoms with Gasteiger partial charge in [0.25, 0.3) is 0 Å². The lowest BCUT2D eigenvalue weighted by Crippen LogP contribution is -2.29. The Balaban J connectivity index is 3.99. The summed E-state index contributed by atoms with van der Waals surface area (Å²) in [5.41, 5.74) is 0. The quantitative estimate of drug-likeness (QED) is 0.0242. The fourth-order valence-electron chi connectivity index (χ4n) is 5.94. The van der Waals surface area contributed by atoms with Gasteiger partial charge in [-0.05, 0) is 38.5 Å². The fraction of sp³-hybridized carbons (Fsp3) is 0.927. The summed E-state index contributed by atoms with van der Waals surface area (Å²) in [4.78, 5) is 22.4. The zero-order valence-electron chi connectivity index (χ0n) is 33.1. The summed E-state index contributed by atoms with van der Waals surface area (Å²) >= 11 is 0. The van der Waals surface area contributed by atoms with E-state index < -0.39 is 33.2 Å². The van der Waals surface area contributed by atoms with Crippen LogP contribution in [0.25, 0.3) is 0 Å². The van der Waals surface area contributed by atoms with Gasteiger partial charge < -0.3 is 24.6 Å². The maximum atomic E-state index is 12.5. The zero-order chi connectivity index (χ0) is 37.5. The number of hydrogen-bond acceptors (Lipinski definition) is 8. The van der Waals surface area contributed by atoms with Crippen molar-refractivity contribution >= 4 is 13.8 Å². The van der Waals surface area contributed by atoms with E-state index in [2.05, 4.69) is 26.0 Å². The van der Waals surface area contributed by atoms with Crippen LogP contribution in [0.3, 0.4) is 0 Å². The SMILES string of the molecule is CCCCCCCCCC/C=C\CCCCCCCCCCCCOCC(COP(=O)(O)OCC(O)CO)OC(=O)CCCCCCCCCC. The number of carbonyl (C=O) groups is 1. The molecule has 9 nitrogen and oxygen atoms in total. The molecule has 0 rings (SSSR count). The molecule has 0 aliphatic carbocycles. The lowest BCUT2D eigenvalue weighted by Gasteiger charge is -2.20. The Morgan fingerprint density at radius 1 is 0.588 bits per heavy atom. The minimum atomic E-state index is -4.50. The van der Waals surface area contributed by atoms with Crippen molar-refractivity contribution in [2.45, 2.75) is 212 Å². The van der Waals surface area contributed by atoms with Crippen LogP contribution in [0.1, 0.15) is 200 Å². The van der Waals surface area contributed by atoms with E-state index in [1.54, 1.807) is 0 Å². The third kappa shape index (κ3) is 38.7. The van der Waals surface area contributed by atoms with Crippen molar-refractivity contribution < 1.29 is 43.0 Å². The number of unbranched alkanes of at least 4 members (excludes halogenated alkanes) is 25. The molecule has 0 aromatic heterocycles. The molecule has 3 unspecified atom stereocenters. The molecule has 0 aromatic rings. The monoisotopic (exact) mass is 749 g/mol. The highest BCUT2D eigenvalue weighted by atomic mass is 31.2. The van der Waals surface area contributed by atoms with Crippen LogP contribution in [0.15, 0.2) is 12.2 Å². The van der Waals surface area contributed by atoms with E-state index in [1.165, 1.54) is 141 Å². The first-order chi connectivity index (χ1) is 24.8. The first-order valence-electron chi connectivity index (χ1n) is 21.2. The first kappa shape index (κ1) is 50.2. The van der Waals surface area contributed by atoms with Gasteiger partial charge in [-0.1, -0.05) is 167 Å². The average molecular weight is 749 g/mol. The molecule has 0 amide bonds. The molecule has 0 saturated heterocycles. The smallest absolute Gasteiger partial charge is 0.457 e. The molecule has 3 N–H and O–H groups in total. The van der Waals surface area contributed by atoms with Gasteiger partial charge in [0.2, 0.25) is 0 Å². The number of aliphatic hydroxyl groups is 2. The van der Waals surface area contributed by atoms with Gasteiger partial charge in [0.05, 0.1) is 26.4 Å². The van der Waals surface area contributed by atoms with Crippen LogP contribution in [0.4, 0.5) is 0 Å². The normalized spacial score (nSPS) is 14.2. The van der Waals surface area contributed by atoms with Gasteiger partial charge in [0.1, 0.15) is 12.2 Å². The molecule has 51 heavy (non-hydrogen) atoms. The molecule has 0 aliphatic rings. The largest absolute Gasteiger partial charge is 0.472 e. The molecule has 0 saturated carbocycles. The van der Waals surface area contributed by atoms with Crippen LogP contribution in [-0.2, 0) is 27.9 Å². The van der Waals surface area contributed by atoms with Crippen LogP contribution in [0, 0.1) is 0 Å². The van der Waals surface area contributed by atoms with Crippen molar-refractivity contribution in [2.24, 2.45) is 0 Å². The molecule has 3 atom stereocenters. The standard InChI is InChI=1S/C41H81O9P/c1-3-5-7-9-11-13-14-15-16-17-18-19-20-21-22-23-24-25-26-28-30-32-34-47-37-40(38-49-51(45,46)48-36-39(43)35-42)50-41(44)33-31-29-27-12-10-8-6-4-2/h17-18,39-40,42-43H,3-16,19-38H2,1-2H3,(H,45,46)/b18-17-.